The summed E-state index contributed by atoms with van der Waals surface area (Å²) in [5.74, 6) is 0.847. The SMILES string of the molecule is CN(C(=O)CSc1nnc(-c2ccccc2)n1C)C(C)(C)C#N. The largest absolute Gasteiger partial charge is 0.327 e. The van der Waals surface area contributed by atoms with Crippen molar-refractivity contribution in [1.82, 2.24) is 19.7 Å². The molecule has 1 amide bonds. The number of aromatic nitrogens is 3. The van der Waals surface area contributed by atoms with Crippen LogP contribution in [0.3, 0.4) is 0 Å². The average molecular weight is 329 g/mol. The molecular weight excluding hydrogens is 310 g/mol. The van der Waals surface area contributed by atoms with Gasteiger partial charge in [-0.2, -0.15) is 5.26 Å². The van der Waals surface area contributed by atoms with Gasteiger partial charge in [0.2, 0.25) is 5.91 Å². The van der Waals surface area contributed by atoms with Gasteiger partial charge in [-0.1, -0.05) is 42.1 Å². The van der Waals surface area contributed by atoms with E-state index in [1.165, 1.54) is 16.7 Å². The first-order valence-electron chi connectivity index (χ1n) is 7.12. The van der Waals surface area contributed by atoms with Crippen LogP contribution in [0.15, 0.2) is 35.5 Å². The molecule has 1 aromatic heterocycles. The van der Waals surface area contributed by atoms with E-state index in [0.29, 0.717) is 5.16 Å². The standard InChI is InChI=1S/C16H19N5OS/c1-16(2,11-17)21(4)13(22)10-23-15-19-18-14(20(15)3)12-8-6-5-7-9-12/h5-9H,10H2,1-4H3. The van der Waals surface area contributed by atoms with E-state index < -0.39 is 5.54 Å². The molecular formula is C16H19N5OS. The Kier molecular flexibility index (Phi) is 5.06. The molecule has 0 aliphatic carbocycles. The monoisotopic (exact) mass is 329 g/mol. The molecule has 0 aliphatic heterocycles. The number of hydrogen-bond donors (Lipinski definition) is 0. The number of carbonyl (C=O) groups is 1. The highest BCUT2D eigenvalue weighted by Crippen LogP contribution is 2.23. The summed E-state index contributed by atoms with van der Waals surface area (Å²) in [7, 11) is 3.51. The van der Waals surface area contributed by atoms with Gasteiger partial charge in [-0.05, 0) is 13.8 Å². The van der Waals surface area contributed by atoms with Crippen molar-refractivity contribution in [2.45, 2.75) is 24.5 Å². The summed E-state index contributed by atoms with van der Waals surface area (Å²) in [6.07, 6.45) is 0. The van der Waals surface area contributed by atoms with Gasteiger partial charge in [0.25, 0.3) is 0 Å². The van der Waals surface area contributed by atoms with Crippen LogP contribution in [0, 0.1) is 11.3 Å². The number of nitriles is 1. The molecule has 0 bridgehead atoms. The Morgan fingerprint density at radius 1 is 1.35 bits per heavy atom. The van der Waals surface area contributed by atoms with E-state index in [4.69, 9.17) is 5.26 Å². The lowest BCUT2D eigenvalue weighted by atomic mass is 10.1. The first kappa shape index (κ1) is 17.0. The van der Waals surface area contributed by atoms with Gasteiger partial charge < -0.3 is 9.47 Å². The third-order valence-electron chi connectivity index (χ3n) is 3.68. The van der Waals surface area contributed by atoms with Crippen LogP contribution in [-0.2, 0) is 11.8 Å². The number of amides is 1. The quantitative estimate of drug-likeness (QED) is 0.787. The molecule has 0 atom stereocenters. The Bertz CT molecular complexity index is 733. The van der Waals surface area contributed by atoms with Crippen LogP contribution >= 0.6 is 11.8 Å². The maximum absolute atomic E-state index is 12.2. The van der Waals surface area contributed by atoms with Crippen molar-refractivity contribution in [3.63, 3.8) is 0 Å². The van der Waals surface area contributed by atoms with Crippen molar-refractivity contribution < 1.29 is 4.79 Å². The van der Waals surface area contributed by atoms with Crippen LogP contribution in [0.2, 0.25) is 0 Å². The number of nitrogens with zero attached hydrogens (tertiary/aromatic N) is 5. The molecule has 0 aliphatic rings. The Labute approximate surface area is 140 Å². The number of rotatable bonds is 5. The lowest BCUT2D eigenvalue weighted by Crippen LogP contribution is -2.44. The fourth-order valence-electron chi connectivity index (χ4n) is 1.89. The lowest BCUT2D eigenvalue weighted by molar-refractivity contribution is -0.130. The van der Waals surface area contributed by atoms with E-state index in [-0.39, 0.29) is 11.7 Å². The maximum Gasteiger partial charge on any atom is 0.234 e. The molecule has 1 heterocycles. The lowest BCUT2D eigenvalue weighted by Gasteiger charge is -2.28. The highest BCUT2D eigenvalue weighted by Gasteiger charge is 2.27. The minimum atomic E-state index is -0.827. The maximum atomic E-state index is 12.2. The Morgan fingerprint density at radius 2 is 2.00 bits per heavy atom. The van der Waals surface area contributed by atoms with E-state index in [1.54, 1.807) is 20.9 Å². The predicted molar refractivity (Wildman–Crippen MR) is 89.6 cm³/mol. The van der Waals surface area contributed by atoms with Gasteiger partial charge in [0.1, 0.15) is 5.54 Å². The van der Waals surface area contributed by atoms with Crippen LogP contribution in [0.1, 0.15) is 13.8 Å². The fraction of sp³-hybridized carbons (Fsp3) is 0.375. The Morgan fingerprint density at radius 3 is 2.61 bits per heavy atom. The zero-order valence-electron chi connectivity index (χ0n) is 13.6. The first-order chi connectivity index (χ1) is 10.9. The van der Waals surface area contributed by atoms with E-state index in [9.17, 15) is 4.79 Å². The van der Waals surface area contributed by atoms with Crippen molar-refractivity contribution in [2.24, 2.45) is 7.05 Å². The molecule has 1 aromatic carbocycles. The molecule has 0 unspecified atom stereocenters. The van der Waals surface area contributed by atoms with Gasteiger partial charge in [0.05, 0.1) is 11.8 Å². The molecule has 0 spiro atoms. The summed E-state index contributed by atoms with van der Waals surface area (Å²) in [5.41, 5.74) is 0.149. The smallest absolute Gasteiger partial charge is 0.234 e. The molecule has 6 nitrogen and oxygen atoms in total. The summed E-state index contributed by atoms with van der Waals surface area (Å²) in [6.45, 7) is 3.43. The zero-order valence-corrected chi connectivity index (χ0v) is 14.5. The second-order valence-corrected chi connectivity index (χ2v) is 6.59. The van der Waals surface area contributed by atoms with Crippen LogP contribution < -0.4 is 0 Å². The van der Waals surface area contributed by atoms with Crippen molar-refractivity contribution in [2.75, 3.05) is 12.8 Å². The molecule has 7 heteroatoms. The molecule has 0 radical (unpaired) electrons. The van der Waals surface area contributed by atoms with Gasteiger partial charge in [0.15, 0.2) is 11.0 Å². The van der Waals surface area contributed by atoms with Crippen LogP contribution in [0.5, 0.6) is 0 Å². The topological polar surface area (TPSA) is 74.8 Å². The summed E-state index contributed by atoms with van der Waals surface area (Å²) in [5, 5.41) is 18.1. The predicted octanol–water partition coefficient (Wildman–Crippen LogP) is 2.33. The average Bonchev–Trinajstić information content (AvgIpc) is 2.93. The third-order valence-corrected chi connectivity index (χ3v) is 4.68. The molecule has 120 valence electrons. The minimum Gasteiger partial charge on any atom is -0.327 e. The molecule has 2 rings (SSSR count). The van der Waals surface area contributed by atoms with Gasteiger partial charge in [-0.3, -0.25) is 4.79 Å². The first-order valence-corrected chi connectivity index (χ1v) is 8.11. The fourth-order valence-corrected chi connectivity index (χ4v) is 2.71. The molecule has 0 fully saturated rings. The minimum absolute atomic E-state index is 0.120. The van der Waals surface area contributed by atoms with E-state index >= 15 is 0 Å². The third kappa shape index (κ3) is 3.71. The number of carbonyl (C=O) groups excluding carboxylic acids is 1. The van der Waals surface area contributed by atoms with Crippen molar-refractivity contribution in [3.05, 3.63) is 30.3 Å². The molecule has 23 heavy (non-hydrogen) atoms. The summed E-state index contributed by atoms with van der Waals surface area (Å²) >= 11 is 1.31. The zero-order chi connectivity index (χ0) is 17.0. The van der Waals surface area contributed by atoms with E-state index in [1.807, 2.05) is 41.9 Å². The number of hydrogen-bond acceptors (Lipinski definition) is 5. The van der Waals surface area contributed by atoms with E-state index in [0.717, 1.165) is 11.4 Å². The number of thioether (sulfide) groups is 1. The normalized spacial score (nSPS) is 11.1. The molecule has 2 aromatic rings. The number of benzene rings is 1. The summed E-state index contributed by atoms with van der Waals surface area (Å²) < 4.78 is 1.86. The van der Waals surface area contributed by atoms with Crippen molar-refractivity contribution in [1.29, 1.82) is 5.26 Å². The Hall–Kier alpha value is -2.33. The van der Waals surface area contributed by atoms with E-state index in [2.05, 4.69) is 16.3 Å². The molecule has 0 saturated heterocycles. The van der Waals surface area contributed by atoms with Crippen molar-refractivity contribution in [3.8, 4) is 17.5 Å². The molecule has 0 saturated carbocycles. The highest BCUT2D eigenvalue weighted by atomic mass is 32.2. The van der Waals surface area contributed by atoms with Gasteiger partial charge in [0, 0.05) is 19.7 Å². The summed E-state index contributed by atoms with van der Waals surface area (Å²) in [4.78, 5) is 13.7. The molecule has 0 N–H and O–H groups in total. The van der Waals surface area contributed by atoms with Crippen LogP contribution in [0.4, 0.5) is 0 Å². The second kappa shape index (κ2) is 6.84. The van der Waals surface area contributed by atoms with Gasteiger partial charge >= 0.3 is 0 Å². The van der Waals surface area contributed by atoms with Gasteiger partial charge in [-0.15, -0.1) is 10.2 Å². The van der Waals surface area contributed by atoms with Gasteiger partial charge in [-0.25, -0.2) is 0 Å². The van der Waals surface area contributed by atoms with Crippen molar-refractivity contribution >= 4 is 17.7 Å². The Balaban J connectivity index is 2.07. The highest BCUT2D eigenvalue weighted by molar-refractivity contribution is 7.99. The van der Waals surface area contributed by atoms with Crippen LogP contribution in [0.25, 0.3) is 11.4 Å². The van der Waals surface area contributed by atoms with Crippen LogP contribution in [-0.4, -0.2) is 43.9 Å². The second-order valence-electron chi connectivity index (χ2n) is 5.64. The summed E-state index contributed by atoms with van der Waals surface area (Å²) in [6, 6.07) is 11.9.